The van der Waals surface area contributed by atoms with Crippen LogP contribution in [0.2, 0.25) is 0 Å². The van der Waals surface area contributed by atoms with Crippen molar-refractivity contribution >= 4 is 5.69 Å². The third-order valence-corrected chi connectivity index (χ3v) is 3.92. The topological polar surface area (TPSA) is 42.7 Å². The molecule has 0 fully saturated rings. The van der Waals surface area contributed by atoms with Gasteiger partial charge in [0.1, 0.15) is 5.82 Å². The van der Waals surface area contributed by atoms with Crippen molar-refractivity contribution in [2.75, 3.05) is 5.32 Å². The molecule has 21 heavy (non-hydrogen) atoms. The average Bonchev–Trinajstić information content (AvgIpc) is 3.13. The van der Waals surface area contributed by atoms with Crippen molar-refractivity contribution < 1.29 is 0 Å². The van der Waals surface area contributed by atoms with Crippen molar-refractivity contribution in [3.05, 3.63) is 72.1 Å². The lowest BCUT2D eigenvalue weighted by Crippen LogP contribution is -2.12. The highest BCUT2D eigenvalue weighted by atomic mass is 15.1. The molecule has 0 spiro atoms. The number of hydrogen-bond acceptors (Lipinski definition) is 3. The second-order valence-electron chi connectivity index (χ2n) is 5.43. The maximum atomic E-state index is 4.57. The van der Waals surface area contributed by atoms with E-state index in [0.29, 0.717) is 0 Å². The molecule has 4 rings (SSSR count). The van der Waals surface area contributed by atoms with Crippen molar-refractivity contribution in [2.45, 2.75) is 19.4 Å². The van der Waals surface area contributed by atoms with Crippen LogP contribution in [-0.2, 0) is 6.42 Å². The van der Waals surface area contributed by atoms with Gasteiger partial charge in [-0.2, -0.15) is 0 Å². The Hall–Kier alpha value is -2.62. The fourth-order valence-corrected chi connectivity index (χ4v) is 2.91. The first kappa shape index (κ1) is 12.1. The lowest BCUT2D eigenvalue weighted by atomic mass is 10.1. The van der Waals surface area contributed by atoms with Gasteiger partial charge in [0, 0.05) is 42.6 Å². The fraction of sp³-hybridized carbons (Fsp3) is 0.176. The molecule has 0 amide bonds. The molecule has 104 valence electrons. The van der Waals surface area contributed by atoms with Gasteiger partial charge in [-0.05, 0) is 36.2 Å². The van der Waals surface area contributed by atoms with Crippen LogP contribution < -0.4 is 5.32 Å². The molecule has 1 N–H and O–H groups in total. The summed E-state index contributed by atoms with van der Waals surface area (Å²) in [7, 11) is 0. The summed E-state index contributed by atoms with van der Waals surface area (Å²) in [5.74, 6) is 1.04. The molecule has 3 aromatic rings. The highest BCUT2D eigenvalue weighted by Crippen LogP contribution is 2.33. The lowest BCUT2D eigenvalue weighted by molar-refractivity contribution is 0.727. The third kappa shape index (κ3) is 2.09. The second-order valence-corrected chi connectivity index (χ2v) is 5.43. The minimum Gasteiger partial charge on any atom is -0.375 e. The van der Waals surface area contributed by atoms with Crippen molar-refractivity contribution in [2.24, 2.45) is 0 Å². The molecule has 0 saturated carbocycles. The van der Waals surface area contributed by atoms with Gasteiger partial charge in [-0.3, -0.25) is 4.98 Å². The van der Waals surface area contributed by atoms with E-state index in [-0.39, 0.29) is 6.04 Å². The minimum atomic E-state index is 0.194. The number of hydrogen-bond donors (Lipinski definition) is 1. The van der Waals surface area contributed by atoms with Crippen LogP contribution in [0.3, 0.4) is 0 Å². The molecule has 0 bridgehead atoms. The van der Waals surface area contributed by atoms with Crippen LogP contribution in [0.5, 0.6) is 0 Å². The molecule has 4 heteroatoms. The second kappa shape index (κ2) is 4.74. The van der Waals surface area contributed by atoms with E-state index in [4.69, 9.17) is 0 Å². The zero-order chi connectivity index (χ0) is 14.2. The van der Waals surface area contributed by atoms with Gasteiger partial charge in [0.15, 0.2) is 0 Å². The molecule has 4 nitrogen and oxygen atoms in total. The van der Waals surface area contributed by atoms with Crippen LogP contribution in [0.4, 0.5) is 5.69 Å². The normalized spacial score (nSPS) is 16.5. The largest absolute Gasteiger partial charge is 0.375 e. The van der Waals surface area contributed by atoms with Crippen LogP contribution in [0.25, 0.3) is 5.69 Å². The predicted octanol–water partition coefficient (Wildman–Crippen LogP) is 3.29. The summed E-state index contributed by atoms with van der Waals surface area (Å²) in [5.41, 5.74) is 4.81. The van der Waals surface area contributed by atoms with E-state index in [0.717, 1.165) is 23.6 Å². The predicted molar refractivity (Wildman–Crippen MR) is 82.6 cm³/mol. The third-order valence-electron chi connectivity index (χ3n) is 3.92. The number of imidazole rings is 1. The van der Waals surface area contributed by atoms with Crippen molar-refractivity contribution in [1.29, 1.82) is 0 Å². The number of benzene rings is 1. The van der Waals surface area contributed by atoms with E-state index >= 15 is 0 Å². The summed E-state index contributed by atoms with van der Waals surface area (Å²) in [4.78, 5) is 8.76. The zero-order valence-electron chi connectivity index (χ0n) is 11.8. The van der Waals surface area contributed by atoms with Gasteiger partial charge < -0.3 is 9.88 Å². The molecule has 0 saturated heterocycles. The Bertz CT molecular complexity index is 766. The van der Waals surface area contributed by atoms with Crippen LogP contribution in [0, 0.1) is 6.92 Å². The van der Waals surface area contributed by atoms with Crippen LogP contribution in [0.15, 0.2) is 55.1 Å². The molecule has 3 heterocycles. The Morgan fingerprint density at radius 2 is 2.19 bits per heavy atom. The Morgan fingerprint density at radius 1 is 1.24 bits per heavy atom. The summed E-state index contributed by atoms with van der Waals surface area (Å²) in [5, 5.41) is 3.54. The van der Waals surface area contributed by atoms with Crippen molar-refractivity contribution in [3.63, 3.8) is 0 Å². The molecule has 1 aliphatic rings. The number of aryl methyl sites for hydroxylation is 1. The molecule has 1 aromatic carbocycles. The number of pyridine rings is 1. The first-order valence-corrected chi connectivity index (χ1v) is 7.11. The number of nitrogens with one attached hydrogen (secondary N) is 1. The Morgan fingerprint density at radius 3 is 3.05 bits per heavy atom. The number of aromatic nitrogens is 3. The van der Waals surface area contributed by atoms with E-state index in [9.17, 15) is 0 Å². The molecule has 1 atom stereocenters. The number of rotatable bonds is 2. The number of nitrogens with zero attached hydrogens (tertiary/aromatic N) is 3. The number of fused-ring (bicyclic) bond motifs is 1. The van der Waals surface area contributed by atoms with Crippen molar-refractivity contribution in [3.8, 4) is 5.69 Å². The van der Waals surface area contributed by atoms with Gasteiger partial charge in [0.05, 0.1) is 6.04 Å². The van der Waals surface area contributed by atoms with Gasteiger partial charge in [-0.25, -0.2) is 4.98 Å². The smallest absolute Gasteiger partial charge is 0.136 e. The van der Waals surface area contributed by atoms with Gasteiger partial charge in [-0.15, -0.1) is 0 Å². The maximum Gasteiger partial charge on any atom is 0.136 e. The fourth-order valence-electron chi connectivity index (χ4n) is 2.91. The van der Waals surface area contributed by atoms with Crippen molar-refractivity contribution in [1.82, 2.24) is 14.5 Å². The van der Waals surface area contributed by atoms with E-state index in [1.54, 1.807) is 0 Å². The highest BCUT2D eigenvalue weighted by Gasteiger charge is 2.25. The van der Waals surface area contributed by atoms with Crippen LogP contribution in [0.1, 0.15) is 23.0 Å². The molecule has 0 aliphatic carbocycles. The van der Waals surface area contributed by atoms with Crippen LogP contribution >= 0.6 is 0 Å². The SMILES string of the molecule is Cc1cccc(-n2ccnc2C2Cc3cnccc3N2)c1. The van der Waals surface area contributed by atoms with Crippen LogP contribution in [-0.4, -0.2) is 14.5 Å². The molecule has 0 radical (unpaired) electrons. The van der Waals surface area contributed by atoms with E-state index in [1.807, 2.05) is 30.9 Å². The first-order valence-electron chi connectivity index (χ1n) is 7.11. The summed E-state index contributed by atoms with van der Waals surface area (Å²) in [6.45, 7) is 2.11. The molecule has 1 unspecified atom stereocenters. The minimum absolute atomic E-state index is 0.194. The number of anilines is 1. The molecular formula is C17H16N4. The highest BCUT2D eigenvalue weighted by molar-refractivity contribution is 5.56. The monoisotopic (exact) mass is 276 g/mol. The Balaban J connectivity index is 1.71. The summed E-state index contributed by atoms with van der Waals surface area (Å²) >= 11 is 0. The summed E-state index contributed by atoms with van der Waals surface area (Å²) < 4.78 is 2.16. The first-order chi connectivity index (χ1) is 10.3. The summed E-state index contributed by atoms with van der Waals surface area (Å²) in [6, 6.07) is 10.7. The van der Waals surface area contributed by atoms with Gasteiger partial charge >= 0.3 is 0 Å². The van der Waals surface area contributed by atoms with E-state index in [2.05, 4.69) is 51.0 Å². The Labute approximate surface area is 123 Å². The Kier molecular flexibility index (Phi) is 2.74. The molecular weight excluding hydrogens is 260 g/mol. The summed E-state index contributed by atoms with van der Waals surface area (Å²) in [6.07, 6.45) is 8.56. The van der Waals surface area contributed by atoms with Gasteiger partial charge in [-0.1, -0.05) is 12.1 Å². The maximum absolute atomic E-state index is 4.57. The quantitative estimate of drug-likeness (QED) is 0.781. The van der Waals surface area contributed by atoms with E-state index < -0.39 is 0 Å². The van der Waals surface area contributed by atoms with E-state index in [1.165, 1.54) is 11.1 Å². The average molecular weight is 276 g/mol. The molecule has 2 aromatic heterocycles. The lowest BCUT2D eigenvalue weighted by Gasteiger charge is -2.14. The van der Waals surface area contributed by atoms with Gasteiger partial charge in [0.2, 0.25) is 0 Å². The molecule has 1 aliphatic heterocycles. The zero-order valence-corrected chi connectivity index (χ0v) is 11.8. The van der Waals surface area contributed by atoms with Gasteiger partial charge in [0.25, 0.3) is 0 Å². The standard InChI is InChI=1S/C17H16N4/c1-12-3-2-4-14(9-12)21-8-7-19-17(21)16-10-13-11-18-6-5-15(13)20-16/h2-9,11,16,20H,10H2,1H3.